The number of carbonyl (C=O) groups is 3. The van der Waals surface area contributed by atoms with Gasteiger partial charge in [-0.1, -0.05) is 105 Å². The molecule has 1 aliphatic rings. The van der Waals surface area contributed by atoms with Gasteiger partial charge in [0.25, 0.3) is 0 Å². The molecule has 5 atom stereocenters. The van der Waals surface area contributed by atoms with Crippen molar-refractivity contribution < 1.29 is 57.0 Å². The molecule has 1 aliphatic heterocycles. The van der Waals surface area contributed by atoms with Gasteiger partial charge in [-0.2, -0.15) is 0 Å². The van der Waals surface area contributed by atoms with Crippen molar-refractivity contribution in [2.24, 2.45) is 11.8 Å². The lowest BCUT2D eigenvalue weighted by molar-refractivity contribution is -0.248. The van der Waals surface area contributed by atoms with Gasteiger partial charge in [0.1, 0.15) is 44.4 Å². The maximum absolute atomic E-state index is 14.5. The van der Waals surface area contributed by atoms with Crippen LogP contribution in [-0.4, -0.2) is 56.9 Å². The van der Waals surface area contributed by atoms with Crippen molar-refractivity contribution in [2.45, 2.75) is 86.8 Å². The van der Waals surface area contributed by atoms with Gasteiger partial charge in [0.05, 0.1) is 16.7 Å². The third-order valence-corrected chi connectivity index (χ3v) is 12.6. The lowest BCUT2D eigenvalue weighted by Gasteiger charge is -2.43. The Labute approximate surface area is 404 Å². The highest BCUT2D eigenvalue weighted by atomic mass is 16.7. The monoisotopic (exact) mass is 936 g/mol. The molecule has 0 aromatic heterocycles. The van der Waals surface area contributed by atoms with Gasteiger partial charge in [-0.15, -0.1) is 0 Å². The number of hydrogen-bond donors (Lipinski definition) is 0. The van der Waals surface area contributed by atoms with E-state index in [1.165, 1.54) is 7.11 Å². The van der Waals surface area contributed by atoms with Crippen LogP contribution in [0.1, 0.15) is 89.4 Å². The van der Waals surface area contributed by atoms with E-state index < -0.39 is 48.2 Å². The number of benzene rings is 6. The van der Waals surface area contributed by atoms with Gasteiger partial charge in [-0.25, -0.2) is 14.4 Å². The summed E-state index contributed by atoms with van der Waals surface area (Å²) >= 11 is 0. The molecule has 69 heavy (non-hydrogen) atoms. The molecule has 0 N–H and O–H groups in total. The molecule has 12 heteroatoms. The Morgan fingerprint density at radius 1 is 0.507 bits per heavy atom. The second-order valence-corrected chi connectivity index (χ2v) is 17.5. The summed E-state index contributed by atoms with van der Waals surface area (Å²) in [5, 5.41) is 0. The average Bonchev–Trinajstić information content (AvgIpc) is 3.36. The number of methoxy groups -OCH3 is 1. The van der Waals surface area contributed by atoms with Crippen LogP contribution < -0.4 is 18.9 Å². The van der Waals surface area contributed by atoms with Gasteiger partial charge >= 0.3 is 17.9 Å². The Kier molecular flexibility index (Phi) is 16.8. The zero-order chi connectivity index (χ0) is 49.0. The molecule has 1 saturated heterocycles. The maximum atomic E-state index is 14.5. The van der Waals surface area contributed by atoms with E-state index in [0.717, 1.165) is 44.5 Å². The fourth-order valence-corrected chi connectivity index (χ4v) is 7.94. The summed E-state index contributed by atoms with van der Waals surface area (Å²) < 4.78 is 55.0. The molecule has 0 spiro atoms. The average molecular weight is 937 g/mol. The van der Waals surface area contributed by atoms with Crippen molar-refractivity contribution in [3.63, 3.8) is 0 Å². The Morgan fingerprint density at radius 3 is 1.48 bits per heavy atom. The summed E-state index contributed by atoms with van der Waals surface area (Å²) in [5.41, 5.74) is 8.08. The first-order valence-electron chi connectivity index (χ1n) is 23.0. The normalized spacial score (nSPS) is 17.6. The Morgan fingerprint density at radius 2 is 0.957 bits per heavy atom. The molecular formula is C57H60O12. The third-order valence-electron chi connectivity index (χ3n) is 12.6. The number of aryl methyl sites for hydroxylation is 3. The molecule has 0 radical (unpaired) electrons. The zero-order valence-electron chi connectivity index (χ0n) is 40.4. The summed E-state index contributed by atoms with van der Waals surface area (Å²) in [6.45, 7) is 13.6. The standard InChI is InChI=1S/C57H60O12/c1-35-24-45(25-36(2)38(35)4)55(59)68-52-40(6)41(7)57(67-51(52)33-65-54(58)46-26-37(3)39(5)48(27-46)66-34-61-8)69-56(60)47-28-49(62-30-42-18-12-9-13-19-42)53(64-32-44-22-16-11-17-23-44)50(29-47)63-31-43-20-14-10-15-21-43/h9-29,40-41,51-52,57H,30-34H2,1-8H3/t40-,41?,51?,52+,57+/m1/s1. The van der Waals surface area contributed by atoms with Crippen molar-refractivity contribution in [1.29, 1.82) is 0 Å². The molecule has 0 aliphatic carbocycles. The predicted molar refractivity (Wildman–Crippen MR) is 260 cm³/mol. The van der Waals surface area contributed by atoms with E-state index in [4.69, 9.17) is 42.6 Å². The van der Waals surface area contributed by atoms with E-state index in [1.54, 1.807) is 36.4 Å². The lowest BCUT2D eigenvalue weighted by Crippen LogP contribution is -2.54. The molecule has 12 nitrogen and oxygen atoms in total. The molecule has 1 fully saturated rings. The maximum Gasteiger partial charge on any atom is 0.340 e. The SMILES string of the molecule is COCOc1cc(C(=O)OCC2O[C@@H](OC(=O)c3cc(OCc4ccccc4)c(OCc4ccccc4)c(OCc4ccccc4)c3)C(C)[C@@H](C)[C@@H]2OC(=O)c2cc(C)c(C)c(C)c2)cc(C)c1C. The molecule has 7 rings (SSSR count). The van der Waals surface area contributed by atoms with Gasteiger partial charge < -0.3 is 42.6 Å². The van der Waals surface area contributed by atoms with E-state index in [1.807, 2.05) is 139 Å². The fourth-order valence-electron chi connectivity index (χ4n) is 7.94. The first-order chi connectivity index (χ1) is 33.3. The quantitative estimate of drug-likeness (QED) is 0.0435. The van der Waals surface area contributed by atoms with Gasteiger partial charge in [-0.05, 0) is 116 Å². The smallest absolute Gasteiger partial charge is 0.340 e. The topological polar surface area (TPSA) is 134 Å². The van der Waals surface area contributed by atoms with Crippen molar-refractivity contribution in [1.82, 2.24) is 0 Å². The van der Waals surface area contributed by atoms with Gasteiger partial charge in [0.15, 0.2) is 18.3 Å². The molecule has 0 bridgehead atoms. The molecule has 6 aromatic rings. The van der Waals surface area contributed by atoms with Crippen LogP contribution in [0.2, 0.25) is 0 Å². The highest BCUT2D eigenvalue weighted by Crippen LogP contribution is 2.42. The number of rotatable bonds is 19. The van der Waals surface area contributed by atoms with Crippen LogP contribution in [0.25, 0.3) is 0 Å². The molecule has 360 valence electrons. The minimum Gasteiger partial charge on any atom is -0.485 e. The first-order valence-corrected chi connectivity index (χ1v) is 23.0. The van der Waals surface area contributed by atoms with Crippen molar-refractivity contribution in [3.05, 3.63) is 189 Å². The van der Waals surface area contributed by atoms with Crippen LogP contribution in [0.15, 0.2) is 127 Å². The van der Waals surface area contributed by atoms with Crippen LogP contribution in [-0.2, 0) is 43.5 Å². The van der Waals surface area contributed by atoms with Crippen molar-refractivity contribution in [2.75, 3.05) is 20.5 Å². The Bertz CT molecular complexity index is 2610. The van der Waals surface area contributed by atoms with Gasteiger partial charge in [-0.3, -0.25) is 0 Å². The summed E-state index contributed by atoms with van der Waals surface area (Å²) in [6, 6.07) is 39.0. The summed E-state index contributed by atoms with van der Waals surface area (Å²) in [4.78, 5) is 42.2. The number of carbonyl (C=O) groups excluding carboxylic acids is 3. The third kappa shape index (κ3) is 12.7. The summed E-state index contributed by atoms with van der Waals surface area (Å²) in [5.74, 6) is -1.59. The molecule has 1 heterocycles. The highest BCUT2D eigenvalue weighted by molar-refractivity contribution is 5.92. The molecular weight excluding hydrogens is 877 g/mol. The van der Waals surface area contributed by atoms with E-state index in [-0.39, 0.29) is 55.8 Å². The van der Waals surface area contributed by atoms with E-state index in [2.05, 4.69) is 0 Å². The Balaban J connectivity index is 1.19. The fraction of sp³-hybridized carbons (Fsp3) is 0.316. The number of hydrogen-bond acceptors (Lipinski definition) is 12. The van der Waals surface area contributed by atoms with E-state index >= 15 is 0 Å². The first kappa shape index (κ1) is 49.7. The van der Waals surface area contributed by atoms with E-state index in [9.17, 15) is 14.4 Å². The summed E-state index contributed by atoms with van der Waals surface area (Å²) in [6.07, 6.45) is -3.12. The molecule has 2 unspecified atom stereocenters. The largest absolute Gasteiger partial charge is 0.485 e. The van der Waals surface area contributed by atoms with Crippen LogP contribution in [0.3, 0.4) is 0 Å². The van der Waals surface area contributed by atoms with Crippen LogP contribution >= 0.6 is 0 Å². The molecule has 6 aromatic carbocycles. The second-order valence-electron chi connectivity index (χ2n) is 17.5. The van der Waals surface area contributed by atoms with Gasteiger partial charge in [0, 0.05) is 18.9 Å². The van der Waals surface area contributed by atoms with Gasteiger partial charge in [0.2, 0.25) is 12.0 Å². The van der Waals surface area contributed by atoms with Crippen molar-refractivity contribution in [3.8, 4) is 23.0 Å². The zero-order valence-corrected chi connectivity index (χ0v) is 40.4. The second kappa shape index (κ2) is 23.2. The highest BCUT2D eigenvalue weighted by Gasteiger charge is 2.46. The Hall–Kier alpha value is -7.15. The molecule has 0 amide bonds. The van der Waals surface area contributed by atoms with Crippen LogP contribution in [0.5, 0.6) is 23.0 Å². The minimum absolute atomic E-state index is 0.00577. The van der Waals surface area contributed by atoms with Crippen LogP contribution in [0, 0.1) is 46.5 Å². The number of ether oxygens (including phenoxy) is 9. The minimum atomic E-state index is -1.16. The van der Waals surface area contributed by atoms with E-state index in [0.29, 0.717) is 17.1 Å². The molecule has 0 saturated carbocycles. The van der Waals surface area contributed by atoms with Crippen molar-refractivity contribution >= 4 is 17.9 Å². The lowest BCUT2D eigenvalue weighted by atomic mass is 9.84. The predicted octanol–water partition coefficient (Wildman–Crippen LogP) is 11.2. The van der Waals surface area contributed by atoms with Crippen LogP contribution in [0.4, 0.5) is 0 Å². The number of esters is 3. The summed E-state index contributed by atoms with van der Waals surface area (Å²) in [7, 11) is 1.51.